The van der Waals surface area contributed by atoms with E-state index in [9.17, 15) is 18.0 Å². The molecule has 1 fully saturated rings. The predicted molar refractivity (Wildman–Crippen MR) is 107 cm³/mol. The van der Waals surface area contributed by atoms with Crippen LogP contribution in [0.4, 0.5) is 5.69 Å². The van der Waals surface area contributed by atoms with Gasteiger partial charge in [0.25, 0.3) is 0 Å². The number of fused-ring (bicyclic) bond motifs is 1. The van der Waals surface area contributed by atoms with Gasteiger partial charge < -0.3 is 10.6 Å². The van der Waals surface area contributed by atoms with Gasteiger partial charge in [0.1, 0.15) is 0 Å². The lowest BCUT2D eigenvalue weighted by atomic mass is 9.95. The van der Waals surface area contributed by atoms with Gasteiger partial charge in [-0.3, -0.25) is 9.59 Å². The summed E-state index contributed by atoms with van der Waals surface area (Å²) in [7, 11) is -3.66. The number of rotatable bonds is 5. The number of carbonyl (C=O) groups is 2. The molecule has 1 saturated carbocycles. The highest BCUT2D eigenvalue weighted by Gasteiger charge is 2.28. The molecule has 27 heavy (non-hydrogen) atoms. The average Bonchev–Trinajstić information content (AvgIpc) is 2.82. The molecule has 1 atom stereocenters. The van der Waals surface area contributed by atoms with E-state index >= 15 is 0 Å². The van der Waals surface area contributed by atoms with Crippen molar-refractivity contribution in [1.82, 2.24) is 5.32 Å². The Morgan fingerprint density at radius 3 is 2.78 bits per heavy atom. The van der Waals surface area contributed by atoms with Gasteiger partial charge in [-0.05, 0) is 38.0 Å². The molecule has 0 spiro atoms. The van der Waals surface area contributed by atoms with E-state index in [0.29, 0.717) is 17.9 Å². The van der Waals surface area contributed by atoms with E-state index in [0.717, 1.165) is 30.6 Å². The first-order valence-electron chi connectivity index (χ1n) is 9.46. The molecule has 2 aliphatic rings. The summed E-state index contributed by atoms with van der Waals surface area (Å²) in [6, 6.07) is 4.97. The summed E-state index contributed by atoms with van der Waals surface area (Å²) in [5.74, 6) is 0.343. The summed E-state index contributed by atoms with van der Waals surface area (Å²) < 4.78 is 25.8. The van der Waals surface area contributed by atoms with Gasteiger partial charge in [0.05, 0.1) is 15.8 Å². The standard InChI is InChI=1S/C19H26N2O4S2/c1-13(11-19(23)20-14-5-3-2-4-6-14)27(24,25)15-7-8-17-16(12-15)21-18(22)9-10-26-17/h7-8,12-14H,2-6,9-11H2,1H3,(H,20,23)(H,21,22). The van der Waals surface area contributed by atoms with Gasteiger partial charge in [0, 0.05) is 29.5 Å². The number of carbonyl (C=O) groups excluding carboxylic acids is 2. The minimum absolute atomic E-state index is 0.0585. The minimum Gasteiger partial charge on any atom is -0.353 e. The fourth-order valence-electron chi connectivity index (χ4n) is 3.51. The first-order valence-corrected chi connectivity index (χ1v) is 12.0. The van der Waals surface area contributed by atoms with Crippen LogP contribution in [0.3, 0.4) is 0 Å². The number of hydrogen-bond donors (Lipinski definition) is 2. The fourth-order valence-corrected chi connectivity index (χ4v) is 5.82. The number of hydrogen-bond acceptors (Lipinski definition) is 5. The molecule has 3 rings (SSSR count). The Morgan fingerprint density at radius 1 is 1.30 bits per heavy atom. The van der Waals surface area contributed by atoms with Gasteiger partial charge in [-0.25, -0.2) is 8.42 Å². The van der Waals surface area contributed by atoms with Crippen LogP contribution in [0.15, 0.2) is 28.0 Å². The lowest BCUT2D eigenvalue weighted by Crippen LogP contribution is -2.38. The molecule has 6 nitrogen and oxygen atoms in total. The topological polar surface area (TPSA) is 92.3 Å². The van der Waals surface area contributed by atoms with Crippen molar-refractivity contribution in [3.63, 3.8) is 0 Å². The molecular formula is C19H26N2O4S2. The van der Waals surface area contributed by atoms with Gasteiger partial charge >= 0.3 is 0 Å². The van der Waals surface area contributed by atoms with Crippen LogP contribution in [-0.2, 0) is 19.4 Å². The summed E-state index contributed by atoms with van der Waals surface area (Å²) in [6.45, 7) is 1.56. The molecule has 0 radical (unpaired) electrons. The molecule has 0 bridgehead atoms. The number of sulfone groups is 1. The molecule has 2 N–H and O–H groups in total. The van der Waals surface area contributed by atoms with E-state index in [1.165, 1.54) is 24.2 Å². The van der Waals surface area contributed by atoms with Crippen molar-refractivity contribution in [2.75, 3.05) is 11.1 Å². The van der Waals surface area contributed by atoms with E-state index in [1.54, 1.807) is 19.1 Å². The summed E-state index contributed by atoms with van der Waals surface area (Å²) in [5.41, 5.74) is 0.530. The first-order chi connectivity index (χ1) is 12.9. The predicted octanol–water partition coefficient (Wildman–Crippen LogP) is 3.12. The van der Waals surface area contributed by atoms with Gasteiger partial charge in [0.2, 0.25) is 11.8 Å². The monoisotopic (exact) mass is 410 g/mol. The third kappa shape index (κ3) is 5.04. The lowest BCUT2D eigenvalue weighted by Gasteiger charge is -2.23. The van der Waals surface area contributed by atoms with Crippen molar-refractivity contribution >= 4 is 39.1 Å². The van der Waals surface area contributed by atoms with Crippen molar-refractivity contribution in [3.8, 4) is 0 Å². The Hall–Kier alpha value is -1.54. The molecule has 1 heterocycles. The molecule has 1 aromatic rings. The Labute approximate surface area is 164 Å². The molecule has 148 valence electrons. The smallest absolute Gasteiger partial charge is 0.225 e. The van der Waals surface area contributed by atoms with Gasteiger partial charge in [0.15, 0.2) is 9.84 Å². The number of benzene rings is 1. The highest BCUT2D eigenvalue weighted by atomic mass is 32.2. The van der Waals surface area contributed by atoms with Crippen LogP contribution in [0.5, 0.6) is 0 Å². The Morgan fingerprint density at radius 2 is 2.04 bits per heavy atom. The molecule has 1 aliphatic carbocycles. The van der Waals surface area contributed by atoms with Crippen molar-refractivity contribution < 1.29 is 18.0 Å². The maximum Gasteiger partial charge on any atom is 0.225 e. The van der Waals surface area contributed by atoms with Gasteiger partial charge in [-0.15, -0.1) is 11.8 Å². The van der Waals surface area contributed by atoms with Crippen LogP contribution < -0.4 is 10.6 Å². The van der Waals surface area contributed by atoms with Crippen molar-refractivity contribution in [2.24, 2.45) is 0 Å². The van der Waals surface area contributed by atoms with Crippen molar-refractivity contribution in [2.45, 2.75) is 73.0 Å². The first kappa shape index (κ1) is 20.2. The average molecular weight is 411 g/mol. The van der Waals surface area contributed by atoms with E-state index < -0.39 is 15.1 Å². The van der Waals surface area contributed by atoms with E-state index in [1.807, 2.05) is 0 Å². The van der Waals surface area contributed by atoms with Crippen LogP contribution in [0.1, 0.15) is 51.9 Å². The van der Waals surface area contributed by atoms with Crippen molar-refractivity contribution in [1.29, 1.82) is 0 Å². The second-order valence-electron chi connectivity index (χ2n) is 7.27. The SMILES string of the molecule is CC(CC(=O)NC1CCCCC1)S(=O)(=O)c1ccc2c(c1)NC(=O)CCS2. The zero-order valence-electron chi connectivity index (χ0n) is 15.5. The quantitative estimate of drug-likeness (QED) is 0.778. The van der Waals surface area contributed by atoms with Crippen LogP contribution >= 0.6 is 11.8 Å². The summed E-state index contributed by atoms with van der Waals surface area (Å²) in [4.78, 5) is 25.0. The molecular weight excluding hydrogens is 384 g/mol. The number of amides is 2. The van der Waals surface area contributed by atoms with E-state index in [-0.39, 0.29) is 29.2 Å². The highest BCUT2D eigenvalue weighted by molar-refractivity contribution is 7.99. The van der Waals surface area contributed by atoms with Gasteiger partial charge in [-0.2, -0.15) is 0 Å². The van der Waals surface area contributed by atoms with Gasteiger partial charge in [-0.1, -0.05) is 19.3 Å². The van der Waals surface area contributed by atoms with E-state index in [4.69, 9.17) is 0 Å². The summed E-state index contributed by atoms with van der Waals surface area (Å²) in [6.07, 6.45) is 5.69. The second-order valence-corrected chi connectivity index (χ2v) is 10.8. The molecule has 1 unspecified atom stereocenters. The number of anilines is 1. The normalized spacial score (nSPS) is 19.5. The number of thioether (sulfide) groups is 1. The van der Waals surface area contributed by atoms with E-state index in [2.05, 4.69) is 10.6 Å². The third-order valence-electron chi connectivity index (χ3n) is 5.11. The molecule has 1 aliphatic heterocycles. The molecule has 8 heteroatoms. The van der Waals surface area contributed by atoms with Crippen LogP contribution in [0, 0.1) is 0 Å². The highest BCUT2D eigenvalue weighted by Crippen LogP contribution is 2.33. The Balaban J connectivity index is 1.69. The summed E-state index contributed by atoms with van der Waals surface area (Å²) >= 11 is 1.53. The summed E-state index contributed by atoms with van der Waals surface area (Å²) in [5, 5.41) is 4.91. The van der Waals surface area contributed by atoms with Crippen LogP contribution in [-0.4, -0.2) is 37.3 Å². The fraction of sp³-hybridized carbons (Fsp3) is 0.579. The molecule has 2 amide bonds. The van der Waals surface area contributed by atoms with Crippen LogP contribution in [0.2, 0.25) is 0 Å². The number of nitrogens with one attached hydrogen (secondary N) is 2. The zero-order valence-corrected chi connectivity index (χ0v) is 17.1. The molecule has 0 aromatic heterocycles. The van der Waals surface area contributed by atoms with Crippen molar-refractivity contribution in [3.05, 3.63) is 18.2 Å². The maximum absolute atomic E-state index is 12.9. The van der Waals surface area contributed by atoms with Crippen LogP contribution in [0.25, 0.3) is 0 Å². The molecule has 0 saturated heterocycles. The largest absolute Gasteiger partial charge is 0.353 e. The molecule has 1 aromatic carbocycles. The third-order valence-corrected chi connectivity index (χ3v) is 8.33. The Kier molecular flexibility index (Phi) is 6.47. The lowest BCUT2D eigenvalue weighted by molar-refractivity contribution is -0.122. The second kappa shape index (κ2) is 8.65. The zero-order chi connectivity index (χ0) is 19.4. The maximum atomic E-state index is 12.9. The minimum atomic E-state index is -3.66. The Bertz CT molecular complexity index is 817.